The van der Waals surface area contributed by atoms with Gasteiger partial charge >= 0.3 is 0 Å². The summed E-state index contributed by atoms with van der Waals surface area (Å²) in [7, 11) is 0. The number of carbonyl (C=O) groups is 4. The number of carbonyl (C=O) groups excluding carboxylic acids is 4. The van der Waals surface area contributed by atoms with Crippen LogP contribution in [0, 0.1) is 0 Å². The molecular weight excluding hydrogens is 410 g/mol. The van der Waals surface area contributed by atoms with Crippen LogP contribution in [0.25, 0.3) is 5.69 Å². The van der Waals surface area contributed by atoms with Gasteiger partial charge in [0.2, 0.25) is 17.7 Å². The zero-order valence-corrected chi connectivity index (χ0v) is 17.2. The second-order valence-electron chi connectivity index (χ2n) is 7.30. The van der Waals surface area contributed by atoms with Crippen LogP contribution in [0.5, 0.6) is 0 Å². The lowest BCUT2D eigenvalue weighted by atomic mass is 10.1. The summed E-state index contributed by atoms with van der Waals surface area (Å²) in [6.07, 6.45) is 3.99. The van der Waals surface area contributed by atoms with E-state index in [-0.39, 0.29) is 43.7 Å². The Labute approximate surface area is 184 Å². The molecule has 0 bridgehead atoms. The average Bonchev–Trinajstić information content (AvgIpc) is 3.45. The Morgan fingerprint density at radius 1 is 0.938 bits per heavy atom. The van der Waals surface area contributed by atoms with Crippen LogP contribution in [-0.2, 0) is 20.9 Å². The summed E-state index contributed by atoms with van der Waals surface area (Å²) in [5.74, 6) is -1.11. The maximum absolute atomic E-state index is 12.3. The fraction of sp³-hybridized carbons (Fsp3) is 0.174. The number of amides is 4. The molecule has 0 unspecified atom stereocenters. The van der Waals surface area contributed by atoms with E-state index in [1.807, 2.05) is 24.4 Å². The predicted octanol–water partition coefficient (Wildman–Crippen LogP) is 1.89. The number of imide groups is 1. The summed E-state index contributed by atoms with van der Waals surface area (Å²) < 4.78 is 1.71. The molecule has 1 aliphatic heterocycles. The zero-order chi connectivity index (χ0) is 22.5. The molecular formula is C23H21N5O4. The standard InChI is InChI=1S/C23H21N5O4/c29-20(26-18-6-8-19(9-7-18)28-13-1-12-25-28)14-24-23(32)17-4-2-16(3-5-17)15-27-21(30)10-11-22(27)31/h1-9,12-13H,10-11,14-15H2,(H,24,32)(H,26,29). The number of rotatable bonds is 7. The van der Waals surface area contributed by atoms with E-state index in [4.69, 9.17) is 0 Å². The molecule has 1 saturated heterocycles. The van der Waals surface area contributed by atoms with E-state index in [9.17, 15) is 19.2 Å². The first-order valence-electron chi connectivity index (χ1n) is 10.1. The Bertz CT molecular complexity index is 1120. The Morgan fingerprint density at radius 3 is 2.25 bits per heavy atom. The highest BCUT2D eigenvalue weighted by Gasteiger charge is 2.28. The summed E-state index contributed by atoms with van der Waals surface area (Å²) in [5.41, 5.74) is 2.60. The van der Waals surface area contributed by atoms with Gasteiger partial charge in [0, 0.05) is 36.5 Å². The lowest BCUT2D eigenvalue weighted by Gasteiger charge is -2.14. The number of nitrogens with one attached hydrogen (secondary N) is 2. The van der Waals surface area contributed by atoms with Crippen LogP contribution in [-0.4, -0.2) is 44.9 Å². The molecule has 4 amide bonds. The summed E-state index contributed by atoms with van der Waals surface area (Å²) in [5, 5.41) is 9.44. The molecule has 0 spiro atoms. The molecule has 2 aromatic carbocycles. The van der Waals surface area contributed by atoms with Gasteiger partial charge in [0.15, 0.2) is 0 Å². The molecule has 9 nitrogen and oxygen atoms in total. The molecule has 2 heterocycles. The van der Waals surface area contributed by atoms with E-state index < -0.39 is 5.91 Å². The lowest BCUT2D eigenvalue weighted by molar-refractivity contribution is -0.139. The maximum Gasteiger partial charge on any atom is 0.251 e. The molecule has 3 aromatic rings. The van der Waals surface area contributed by atoms with Crippen molar-refractivity contribution in [2.45, 2.75) is 19.4 Å². The van der Waals surface area contributed by atoms with Crippen LogP contribution in [0.3, 0.4) is 0 Å². The SMILES string of the molecule is O=C(CNC(=O)c1ccc(CN2C(=O)CCC2=O)cc1)Nc1ccc(-n2cccn2)cc1. The third kappa shape index (κ3) is 4.89. The van der Waals surface area contributed by atoms with Crippen molar-refractivity contribution in [1.82, 2.24) is 20.0 Å². The van der Waals surface area contributed by atoms with E-state index in [2.05, 4.69) is 15.7 Å². The van der Waals surface area contributed by atoms with Crippen molar-refractivity contribution in [2.75, 3.05) is 11.9 Å². The minimum atomic E-state index is -0.394. The minimum Gasteiger partial charge on any atom is -0.343 e. The third-order valence-corrected chi connectivity index (χ3v) is 5.04. The first-order valence-corrected chi connectivity index (χ1v) is 10.1. The number of likely N-dealkylation sites (tertiary alicyclic amines) is 1. The normalized spacial score (nSPS) is 13.3. The van der Waals surface area contributed by atoms with Gasteiger partial charge in [-0.3, -0.25) is 24.1 Å². The van der Waals surface area contributed by atoms with Crippen molar-refractivity contribution in [3.05, 3.63) is 78.1 Å². The topological polar surface area (TPSA) is 113 Å². The Hall–Kier alpha value is -4.27. The van der Waals surface area contributed by atoms with E-state index in [1.54, 1.807) is 47.3 Å². The molecule has 4 rings (SSSR count). The molecule has 32 heavy (non-hydrogen) atoms. The monoisotopic (exact) mass is 431 g/mol. The lowest BCUT2D eigenvalue weighted by Crippen LogP contribution is -2.32. The van der Waals surface area contributed by atoms with Crippen molar-refractivity contribution >= 4 is 29.3 Å². The molecule has 1 aromatic heterocycles. The average molecular weight is 431 g/mol. The number of hydrogen-bond donors (Lipinski definition) is 2. The summed E-state index contributed by atoms with van der Waals surface area (Å²) in [4.78, 5) is 49.1. The molecule has 2 N–H and O–H groups in total. The molecule has 0 radical (unpaired) electrons. The van der Waals surface area contributed by atoms with E-state index in [0.29, 0.717) is 11.3 Å². The molecule has 0 saturated carbocycles. The van der Waals surface area contributed by atoms with E-state index in [1.165, 1.54) is 4.90 Å². The van der Waals surface area contributed by atoms with Crippen LogP contribution in [0.15, 0.2) is 67.0 Å². The largest absolute Gasteiger partial charge is 0.343 e. The van der Waals surface area contributed by atoms with Crippen molar-refractivity contribution < 1.29 is 19.2 Å². The molecule has 1 aliphatic rings. The van der Waals surface area contributed by atoms with Crippen LogP contribution < -0.4 is 10.6 Å². The van der Waals surface area contributed by atoms with Gasteiger partial charge in [0.1, 0.15) is 0 Å². The first kappa shape index (κ1) is 21.0. The van der Waals surface area contributed by atoms with Crippen LogP contribution >= 0.6 is 0 Å². The highest BCUT2D eigenvalue weighted by molar-refractivity contribution is 6.02. The molecule has 1 fully saturated rings. The van der Waals surface area contributed by atoms with Crippen LogP contribution in [0.1, 0.15) is 28.8 Å². The van der Waals surface area contributed by atoms with Crippen LogP contribution in [0.4, 0.5) is 5.69 Å². The van der Waals surface area contributed by atoms with Gasteiger partial charge in [-0.15, -0.1) is 0 Å². The zero-order valence-electron chi connectivity index (χ0n) is 17.2. The Kier molecular flexibility index (Phi) is 6.07. The van der Waals surface area contributed by atoms with Gasteiger partial charge < -0.3 is 10.6 Å². The maximum atomic E-state index is 12.3. The number of anilines is 1. The number of hydrogen-bond acceptors (Lipinski definition) is 5. The van der Waals surface area contributed by atoms with Gasteiger partial charge in [-0.25, -0.2) is 4.68 Å². The first-order chi connectivity index (χ1) is 15.5. The molecule has 0 aliphatic carbocycles. The Morgan fingerprint density at radius 2 is 1.62 bits per heavy atom. The molecule has 162 valence electrons. The third-order valence-electron chi connectivity index (χ3n) is 5.04. The van der Waals surface area contributed by atoms with Gasteiger partial charge in [-0.1, -0.05) is 12.1 Å². The summed E-state index contributed by atoms with van der Waals surface area (Å²) >= 11 is 0. The number of benzene rings is 2. The summed E-state index contributed by atoms with van der Waals surface area (Å²) in [6.45, 7) is 0.0133. The smallest absolute Gasteiger partial charge is 0.251 e. The van der Waals surface area contributed by atoms with E-state index in [0.717, 1.165) is 11.3 Å². The van der Waals surface area contributed by atoms with Gasteiger partial charge in [-0.05, 0) is 48.0 Å². The quantitative estimate of drug-likeness (QED) is 0.555. The van der Waals surface area contributed by atoms with E-state index >= 15 is 0 Å². The number of aromatic nitrogens is 2. The van der Waals surface area contributed by atoms with Gasteiger partial charge in [0.25, 0.3) is 5.91 Å². The Balaban J connectivity index is 1.26. The summed E-state index contributed by atoms with van der Waals surface area (Å²) in [6, 6.07) is 15.6. The minimum absolute atomic E-state index is 0.182. The van der Waals surface area contributed by atoms with Crippen molar-refractivity contribution in [3.8, 4) is 5.69 Å². The van der Waals surface area contributed by atoms with Crippen LogP contribution in [0.2, 0.25) is 0 Å². The highest BCUT2D eigenvalue weighted by atomic mass is 16.2. The van der Waals surface area contributed by atoms with Crippen molar-refractivity contribution in [2.24, 2.45) is 0 Å². The molecule has 9 heteroatoms. The molecule has 0 atom stereocenters. The number of nitrogens with zero attached hydrogens (tertiary/aromatic N) is 3. The van der Waals surface area contributed by atoms with Crippen molar-refractivity contribution in [1.29, 1.82) is 0 Å². The van der Waals surface area contributed by atoms with Gasteiger partial charge in [-0.2, -0.15) is 5.10 Å². The fourth-order valence-corrected chi connectivity index (χ4v) is 3.33. The fourth-order valence-electron chi connectivity index (χ4n) is 3.33. The van der Waals surface area contributed by atoms with Gasteiger partial charge in [0.05, 0.1) is 18.8 Å². The second-order valence-corrected chi connectivity index (χ2v) is 7.30. The highest BCUT2D eigenvalue weighted by Crippen LogP contribution is 2.16. The predicted molar refractivity (Wildman–Crippen MR) is 116 cm³/mol. The second kappa shape index (κ2) is 9.25. The van der Waals surface area contributed by atoms with Crippen molar-refractivity contribution in [3.63, 3.8) is 0 Å².